The number of anilines is 1. The van der Waals surface area contributed by atoms with Crippen molar-refractivity contribution in [2.45, 2.75) is 38.3 Å². The third-order valence-corrected chi connectivity index (χ3v) is 3.10. The molecule has 0 bridgehead atoms. The van der Waals surface area contributed by atoms with E-state index in [2.05, 4.69) is 10.3 Å². The van der Waals surface area contributed by atoms with Crippen LogP contribution in [0.25, 0.3) is 0 Å². The predicted octanol–water partition coefficient (Wildman–Crippen LogP) is 1.59. The van der Waals surface area contributed by atoms with Crippen LogP contribution in [0, 0.1) is 17.0 Å². The van der Waals surface area contributed by atoms with E-state index in [4.69, 9.17) is 5.73 Å². The first-order chi connectivity index (χ1) is 8.08. The fourth-order valence-electron chi connectivity index (χ4n) is 2.15. The van der Waals surface area contributed by atoms with Gasteiger partial charge >= 0.3 is 5.69 Å². The van der Waals surface area contributed by atoms with Crippen molar-refractivity contribution in [3.05, 3.63) is 27.9 Å². The van der Waals surface area contributed by atoms with E-state index in [0.717, 1.165) is 25.0 Å². The molecule has 0 spiro atoms. The summed E-state index contributed by atoms with van der Waals surface area (Å²) in [5.41, 5.74) is 6.69. The number of nitrogens with two attached hydrogens (primary N) is 1. The summed E-state index contributed by atoms with van der Waals surface area (Å²) in [5, 5.41) is 14.0. The second-order valence-electron chi connectivity index (χ2n) is 4.42. The van der Waals surface area contributed by atoms with Gasteiger partial charge in [-0.1, -0.05) is 0 Å². The van der Waals surface area contributed by atoms with Gasteiger partial charge in [-0.3, -0.25) is 10.1 Å². The van der Waals surface area contributed by atoms with Crippen LogP contribution in [0.1, 0.15) is 25.0 Å². The van der Waals surface area contributed by atoms with Gasteiger partial charge in [-0.05, 0) is 32.3 Å². The molecule has 1 aliphatic rings. The molecule has 3 N–H and O–H groups in total. The van der Waals surface area contributed by atoms with Crippen LogP contribution in [0.3, 0.4) is 0 Å². The summed E-state index contributed by atoms with van der Waals surface area (Å²) in [4.78, 5) is 14.6. The van der Waals surface area contributed by atoms with Crippen LogP contribution in [0.15, 0.2) is 12.1 Å². The van der Waals surface area contributed by atoms with E-state index in [-0.39, 0.29) is 17.8 Å². The van der Waals surface area contributed by atoms with Crippen molar-refractivity contribution in [1.82, 2.24) is 4.98 Å². The van der Waals surface area contributed by atoms with Crippen molar-refractivity contribution in [1.29, 1.82) is 0 Å². The Hall–Kier alpha value is -1.69. The zero-order valence-corrected chi connectivity index (χ0v) is 9.72. The average Bonchev–Trinajstić information content (AvgIpc) is 2.64. The third-order valence-electron chi connectivity index (χ3n) is 3.10. The lowest BCUT2D eigenvalue weighted by Crippen LogP contribution is -2.35. The van der Waals surface area contributed by atoms with Gasteiger partial charge in [-0.15, -0.1) is 0 Å². The molecule has 0 amide bonds. The quantitative estimate of drug-likeness (QED) is 0.614. The highest BCUT2D eigenvalue weighted by atomic mass is 16.6. The fraction of sp³-hybridized carbons (Fsp3) is 0.545. The summed E-state index contributed by atoms with van der Waals surface area (Å²) < 4.78 is 0. The smallest absolute Gasteiger partial charge is 0.311 e. The Labute approximate surface area is 99.4 Å². The summed E-state index contributed by atoms with van der Waals surface area (Å²) in [6.45, 7) is 1.81. The standard InChI is InChI=1S/C11H16N4O2/c1-7-5-6-10(15(16)17)11(13-7)14-9-4-2-3-8(9)12/h5-6,8-9H,2-4,12H2,1H3,(H,13,14). The van der Waals surface area contributed by atoms with Crippen molar-refractivity contribution < 1.29 is 4.92 Å². The Morgan fingerprint density at radius 1 is 1.53 bits per heavy atom. The molecule has 6 heteroatoms. The van der Waals surface area contributed by atoms with Crippen molar-refractivity contribution >= 4 is 11.5 Å². The van der Waals surface area contributed by atoms with Gasteiger partial charge in [-0.25, -0.2) is 4.98 Å². The summed E-state index contributed by atoms with van der Waals surface area (Å²) in [5.74, 6) is 0.331. The molecule has 0 radical (unpaired) electrons. The second-order valence-corrected chi connectivity index (χ2v) is 4.42. The molecule has 1 aliphatic carbocycles. The van der Waals surface area contributed by atoms with Gasteiger partial charge < -0.3 is 11.1 Å². The van der Waals surface area contributed by atoms with Crippen LogP contribution in [0.5, 0.6) is 0 Å². The second kappa shape index (κ2) is 4.67. The maximum Gasteiger partial charge on any atom is 0.311 e. The normalized spacial score (nSPS) is 23.6. The number of nitro groups is 1. The van der Waals surface area contributed by atoms with Crippen LogP contribution in [-0.2, 0) is 0 Å². The van der Waals surface area contributed by atoms with E-state index in [0.29, 0.717) is 5.82 Å². The number of nitrogens with zero attached hydrogens (tertiary/aromatic N) is 2. The molecule has 2 unspecified atom stereocenters. The van der Waals surface area contributed by atoms with Gasteiger partial charge in [0.25, 0.3) is 0 Å². The molecule has 2 atom stereocenters. The maximum absolute atomic E-state index is 10.9. The molecule has 0 aliphatic heterocycles. The Bertz CT molecular complexity index is 435. The van der Waals surface area contributed by atoms with Crippen molar-refractivity contribution in [3.63, 3.8) is 0 Å². The zero-order chi connectivity index (χ0) is 12.4. The molecule has 1 aromatic heterocycles. The summed E-state index contributed by atoms with van der Waals surface area (Å²) in [6.07, 6.45) is 2.95. The largest absolute Gasteiger partial charge is 0.360 e. The van der Waals surface area contributed by atoms with Gasteiger partial charge in [0.1, 0.15) is 0 Å². The first-order valence-electron chi connectivity index (χ1n) is 5.72. The number of hydrogen-bond donors (Lipinski definition) is 2. The molecule has 1 fully saturated rings. The van der Waals surface area contributed by atoms with E-state index in [1.807, 2.05) is 6.92 Å². The van der Waals surface area contributed by atoms with Gasteiger partial charge in [0.05, 0.1) is 4.92 Å². The number of pyridine rings is 1. The lowest BCUT2D eigenvalue weighted by Gasteiger charge is -2.17. The lowest BCUT2D eigenvalue weighted by atomic mass is 10.2. The van der Waals surface area contributed by atoms with E-state index in [1.54, 1.807) is 6.07 Å². The Morgan fingerprint density at radius 2 is 2.29 bits per heavy atom. The van der Waals surface area contributed by atoms with Gasteiger partial charge in [0.15, 0.2) is 0 Å². The highest BCUT2D eigenvalue weighted by Crippen LogP contribution is 2.26. The minimum absolute atomic E-state index is 0.00898. The van der Waals surface area contributed by atoms with Crippen molar-refractivity contribution in [2.24, 2.45) is 5.73 Å². The van der Waals surface area contributed by atoms with Gasteiger partial charge in [-0.2, -0.15) is 0 Å². The van der Waals surface area contributed by atoms with Crippen LogP contribution < -0.4 is 11.1 Å². The van der Waals surface area contributed by atoms with Crippen LogP contribution in [0.2, 0.25) is 0 Å². The van der Waals surface area contributed by atoms with Crippen LogP contribution in [0.4, 0.5) is 11.5 Å². The average molecular weight is 236 g/mol. The topological polar surface area (TPSA) is 94.1 Å². The van der Waals surface area contributed by atoms with Crippen LogP contribution in [-0.4, -0.2) is 22.0 Å². The Kier molecular flexibility index (Phi) is 3.23. The summed E-state index contributed by atoms with van der Waals surface area (Å²) in [6, 6.07) is 3.25. The predicted molar refractivity (Wildman–Crippen MR) is 64.9 cm³/mol. The number of rotatable bonds is 3. The lowest BCUT2D eigenvalue weighted by molar-refractivity contribution is -0.384. The molecule has 0 aromatic carbocycles. The minimum atomic E-state index is -0.421. The fourth-order valence-corrected chi connectivity index (χ4v) is 2.15. The minimum Gasteiger partial charge on any atom is -0.360 e. The first kappa shape index (κ1) is 11.8. The summed E-state index contributed by atoms with van der Waals surface area (Å²) >= 11 is 0. The number of aryl methyl sites for hydroxylation is 1. The van der Waals surface area contributed by atoms with Gasteiger partial charge in [0.2, 0.25) is 5.82 Å². The van der Waals surface area contributed by atoms with Crippen molar-refractivity contribution in [3.8, 4) is 0 Å². The molecule has 1 heterocycles. The van der Waals surface area contributed by atoms with E-state index in [9.17, 15) is 10.1 Å². The maximum atomic E-state index is 10.9. The third kappa shape index (κ3) is 2.52. The molecule has 1 aromatic rings. The number of aromatic nitrogens is 1. The number of nitrogens with one attached hydrogen (secondary N) is 1. The van der Waals surface area contributed by atoms with Crippen LogP contribution >= 0.6 is 0 Å². The van der Waals surface area contributed by atoms with E-state index >= 15 is 0 Å². The van der Waals surface area contributed by atoms with E-state index in [1.165, 1.54) is 6.07 Å². The molecular weight excluding hydrogens is 220 g/mol. The van der Waals surface area contributed by atoms with Gasteiger partial charge in [0, 0.05) is 23.8 Å². The molecule has 1 saturated carbocycles. The summed E-state index contributed by atoms with van der Waals surface area (Å²) in [7, 11) is 0. The highest BCUT2D eigenvalue weighted by molar-refractivity contribution is 5.56. The Morgan fingerprint density at radius 3 is 2.88 bits per heavy atom. The molecule has 2 rings (SSSR count). The highest BCUT2D eigenvalue weighted by Gasteiger charge is 2.26. The van der Waals surface area contributed by atoms with E-state index < -0.39 is 4.92 Å². The SMILES string of the molecule is Cc1ccc([N+](=O)[O-])c(NC2CCCC2N)n1. The molecule has 6 nitrogen and oxygen atoms in total. The Balaban J connectivity index is 2.24. The van der Waals surface area contributed by atoms with Crippen molar-refractivity contribution in [2.75, 3.05) is 5.32 Å². The monoisotopic (exact) mass is 236 g/mol. The zero-order valence-electron chi connectivity index (χ0n) is 9.72. The number of hydrogen-bond acceptors (Lipinski definition) is 5. The molecule has 92 valence electrons. The first-order valence-corrected chi connectivity index (χ1v) is 5.72. The molecular formula is C11H16N4O2. The molecule has 0 saturated heterocycles. The molecule has 17 heavy (non-hydrogen) atoms.